The number of ketones is 2. The van der Waals surface area contributed by atoms with Crippen molar-refractivity contribution in [2.24, 2.45) is 11.8 Å². The van der Waals surface area contributed by atoms with Crippen LogP contribution in [0.1, 0.15) is 129 Å². The van der Waals surface area contributed by atoms with Crippen molar-refractivity contribution in [3.63, 3.8) is 0 Å². The average Bonchev–Trinajstić information content (AvgIpc) is 0.807. The Labute approximate surface area is 756 Å². The number of methoxy groups -OCH3 is 3. The van der Waals surface area contributed by atoms with Crippen LogP contribution in [0.15, 0.2) is 352 Å². The van der Waals surface area contributed by atoms with Crippen LogP contribution in [-0.2, 0) is 52.7 Å². The summed E-state index contributed by atoms with van der Waals surface area (Å²) < 4.78 is 47.6. The fourth-order valence-corrected chi connectivity index (χ4v) is 15.1. The molecule has 19 rings (SSSR count). The van der Waals surface area contributed by atoms with Crippen LogP contribution in [-0.4, -0.2) is 89.0 Å². The third-order valence-corrected chi connectivity index (χ3v) is 22.1. The van der Waals surface area contributed by atoms with Gasteiger partial charge in [-0.25, -0.2) is 14.4 Å². The maximum absolute atomic E-state index is 12.6. The van der Waals surface area contributed by atoms with Gasteiger partial charge >= 0.3 is 17.9 Å². The third kappa shape index (κ3) is 24.0. The summed E-state index contributed by atoms with van der Waals surface area (Å²) in [5.41, 5.74) is 28.5. The number of nitrogen functional groups attached to an aromatic ring is 2. The lowest BCUT2D eigenvalue weighted by Crippen LogP contribution is -2.22. The Balaban J connectivity index is 0.000000129. The minimum absolute atomic E-state index is 0.0288. The number of nitrogens with one attached hydrogen (secondary N) is 2. The molecule has 22 nitrogen and oxygen atoms in total. The van der Waals surface area contributed by atoms with E-state index in [2.05, 4.69) is 44.4 Å². The minimum atomic E-state index is -0.384. The molecule has 0 saturated carbocycles. The Kier molecular flexibility index (Phi) is 30.5. The molecule has 0 bridgehead atoms. The molecule has 4 aliphatic heterocycles. The quantitative estimate of drug-likeness (QED) is 0.0302. The SMILES string of the molecule is COC(=O)c1ccc(/C=C2/COc3ccccc3C2=O)cc1.COC(=O)c1ccc(CC2COc3ccccc3C2)cc1.COC(=O)c1ccc(Cc2coc3ccccc3c2=O)cc1.Nc1ccccc1NC(=O)c1ccc(CC2COc3ccccc3C2)cc1.Nc1ccccc1NC(=O)c1ccc(Cc2coc3ccccc3c2=O)cc1.O=C1CCOc2ccccc21. The molecule has 22 heteroatoms. The van der Waals surface area contributed by atoms with Crippen molar-refractivity contribution >= 4 is 92.1 Å². The number of benzene rings is 13. The molecule has 2 amide bonds. The highest BCUT2D eigenvalue weighted by Crippen LogP contribution is 2.33. The molecule has 131 heavy (non-hydrogen) atoms. The molecule has 0 saturated heterocycles. The Bertz CT molecular complexity index is 6760. The van der Waals surface area contributed by atoms with Crippen molar-refractivity contribution < 1.29 is 75.6 Å². The van der Waals surface area contributed by atoms with Gasteiger partial charge in [0.2, 0.25) is 0 Å². The van der Waals surface area contributed by atoms with Crippen molar-refractivity contribution in [1.82, 2.24) is 0 Å². The Morgan fingerprint density at radius 2 is 0.748 bits per heavy atom. The molecule has 2 unspecified atom stereocenters. The van der Waals surface area contributed by atoms with E-state index in [4.69, 9.17) is 44.0 Å². The lowest BCUT2D eigenvalue weighted by Gasteiger charge is -2.25. The van der Waals surface area contributed by atoms with E-state index < -0.39 is 0 Å². The van der Waals surface area contributed by atoms with E-state index >= 15 is 0 Å². The summed E-state index contributed by atoms with van der Waals surface area (Å²) in [6, 6.07) is 96.0. The lowest BCUT2D eigenvalue weighted by atomic mass is 9.91. The number of Topliss-reactive ketones (excluding diaryl/α,β-unsaturated/α-hetero) is 2. The largest absolute Gasteiger partial charge is 0.493 e. The summed E-state index contributed by atoms with van der Waals surface area (Å²) in [6.07, 6.45) is 10.1. The number of hydrogen-bond acceptors (Lipinski definition) is 20. The molecular weight excluding hydrogens is 1650 g/mol. The second-order valence-electron chi connectivity index (χ2n) is 31.2. The molecule has 15 aromatic rings. The monoisotopic (exact) mass is 1750 g/mol. The van der Waals surface area contributed by atoms with Crippen LogP contribution in [0.3, 0.4) is 0 Å². The van der Waals surface area contributed by atoms with Crippen LogP contribution in [0.4, 0.5) is 22.7 Å². The van der Waals surface area contributed by atoms with Crippen LogP contribution in [0, 0.1) is 11.8 Å². The van der Waals surface area contributed by atoms with Gasteiger partial charge in [0.15, 0.2) is 22.4 Å². The van der Waals surface area contributed by atoms with Crippen LogP contribution in [0.5, 0.6) is 23.0 Å². The predicted octanol–water partition coefficient (Wildman–Crippen LogP) is 19.8. The molecule has 0 radical (unpaired) electrons. The molecule has 6 N–H and O–H groups in total. The van der Waals surface area contributed by atoms with Crippen molar-refractivity contribution in [3.8, 4) is 23.0 Å². The van der Waals surface area contributed by atoms with Gasteiger partial charge in [-0.1, -0.05) is 170 Å². The van der Waals surface area contributed by atoms with Crippen LogP contribution in [0.25, 0.3) is 28.0 Å². The Morgan fingerprint density at radius 1 is 0.382 bits per heavy atom. The second-order valence-corrected chi connectivity index (χ2v) is 31.2. The number of amides is 2. The number of anilines is 4. The predicted molar refractivity (Wildman–Crippen MR) is 505 cm³/mol. The molecule has 658 valence electrons. The topological polar surface area (TPSA) is 321 Å². The average molecular weight is 1750 g/mol. The second kappa shape index (κ2) is 44.1. The smallest absolute Gasteiger partial charge is 0.337 e. The van der Waals surface area contributed by atoms with Crippen molar-refractivity contribution in [1.29, 1.82) is 0 Å². The number of para-hydroxylation sites is 10. The van der Waals surface area contributed by atoms with Crippen molar-refractivity contribution in [2.75, 3.05) is 69.9 Å². The molecule has 0 aliphatic carbocycles. The number of rotatable bonds is 16. The van der Waals surface area contributed by atoms with Crippen LogP contribution < -0.4 is 51.9 Å². The number of carbonyl (C=O) groups is 7. The van der Waals surface area contributed by atoms with Crippen LogP contribution >= 0.6 is 0 Å². The number of fused-ring (bicyclic) bond motifs is 6. The number of hydrogen-bond donors (Lipinski definition) is 4. The highest BCUT2D eigenvalue weighted by Gasteiger charge is 2.26. The standard InChI is InChI=1S/C23H18N2O3.C23H22N2O2.2C18H14O4.C18H18O3.C9H8O2/c24-19-6-2-3-7-20(19)25-23(27)16-11-9-15(10-12-16)13-17-14-28-21-8-4-1-5-18(21)22(17)26;24-20-6-2-3-7-21(20)25-23(26)18-11-9-16(10-12-18)13-17-14-19-5-1-4-8-22(19)27-15-17;2*1-21-18(20)13-8-6-12(7-9-13)10-14-11-22-16-5-3-2-4-15(16)17(14)19;1-20-18(19)15-8-6-13(7-9-15)10-14-11-16-4-2-3-5-17(16)21-12-14;10-8-5-6-11-9-4-2-1-3-7(8)9/h1-12,14H,13,24H2,(H,25,27);1-12,17H,13-15,24H2,(H,25,26);2-9,11H,10H2,1H3;2-10H,11H2,1H3;2-9,14H,10-12H2,1H3;1-4H,5-6H2/b;;;14-10-;;. The van der Waals surface area contributed by atoms with Crippen molar-refractivity contribution in [2.45, 2.75) is 44.9 Å². The molecule has 0 fully saturated rings. The normalized spacial score (nSPS) is 13.8. The number of nitrogens with two attached hydrogens (primary N) is 2. The molecular formula is C109H94N4O18. The Hall–Kier alpha value is -16.5. The third-order valence-electron chi connectivity index (χ3n) is 22.1. The summed E-state index contributed by atoms with van der Waals surface area (Å²) in [4.78, 5) is 108. The molecule has 4 aliphatic rings. The summed E-state index contributed by atoms with van der Waals surface area (Å²) in [6.45, 7) is 2.24. The first-order valence-corrected chi connectivity index (χ1v) is 42.5. The minimum Gasteiger partial charge on any atom is -0.493 e. The van der Waals surface area contributed by atoms with Gasteiger partial charge in [0, 0.05) is 58.9 Å². The first-order chi connectivity index (χ1) is 63.8. The molecule has 0 spiro atoms. The van der Waals surface area contributed by atoms with Gasteiger partial charge < -0.3 is 64.1 Å². The first-order valence-electron chi connectivity index (χ1n) is 42.5. The van der Waals surface area contributed by atoms with E-state index in [1.807, 2.05) is 164 Å². The van der Waals surface area contributed by atoms with E-state index in [9.17, 15) is 43.2 Å². The lowest BCUT2D eigenvalue weighted by molar-refractivity contribution is 0.0592. The zero-order valence-corrected chi connectivity index (χ0v) is 72.2. The maximum Gasteiger partial charge on any atom is 0.337 e. The number of ether oxygens (including phenoxy) is 7. The Morgan fingerprint density at radius 3 is 1.18 bits per heavy atom. The fourth-order valence-electron chi connectivity index (χ4n) is 15.1. The molecule has 13 aromatic carbocycles. The van der Waals surface area contributed by atoms with Crippen molar-refractivity contribution in [3.05, 3.63) is 443 Å². The van der Waals surface area contributed by atoms with Gasteiger partial charge in [-0.3, -0.25) is 28.8 Å². The fraction of sp³-hybridized carbons (Fsp3) is 0.147. The highest BCUT2D eigenvalue weighted by atomic mass is 16.5. The van der Waals surface area contributed by atoms with Gasteiger partial charge in [-0.15, -0.1) is 0 Å². The molecule has 2 atom stereocenters. The van der Waals surface area contributed by atoms with E-state index in [0.717, 1.165) is 78.4 Å². The van der Waals surface area contributed by atoms with Crippen LogP contribution in [0.2, 0.25) is 0 Å². The highest BCUT2D eigenvalue weighted by molar-refractivity contribution is 6.14. The first kappa shape index (κ1) is 90.7. The maximum atomic E-state index is 12.6. The van der Waals surface area contributed by atoms with Gasteiger partial charge in [0.05, 0.1) is 115 Å². The van der Waals surface area contributed by atoms with Gasteiger partial charge in [0.25, 0.3) is 11.8 Å². The molecule has 6 heterocycles. The summed E-state index contributed by atoms with van der Waals surface area (Å²) in [5.74, 6) is 2.98. The van der Waals surface area contributed by atoms with E-state index in [-0.39, 0.29) is 58.8 Å². The van der Waals surface area contributed by atoms with E-state index in [0.29, 0.717) is 138 Å². The van der Waals surface area contributed by atoms with Gasteiger partial charge in [-0.05, 0) is 216 Å². The summed E-state index contributed by atoms with van der Waals surface area (Å²) in [7, 11) is 4.08. The van der Waals surface area contributed by atoms with Gasteiger partial charge in [0.1, 0.15) is 40.8 Å². The zero-order chi connectivity index (χ0) is 91.5. The van der Waals surface area contributed by atoms with E-state index in [1.165, 1.54) is 56.1 Å². The number of carbonyl (C=O) groups excluding carboxylic acids is 7. The zero-order valence-electron chi connectivity index (χ0n) is 72.2. The van der Waals surface area contributed by atoms with Gasteiger partial charge in [-0.2, -0.15) is 0 Å². The number of esters is 3. The summed E-state index contributed by atoms with van der Waals surface area (Å²) in [5, 5.41) is 6.79. The molecule has 2 aromatic heterocycles. The summed E-state index contributed by atoms with van der Waals surface area (Å²) >= 11 is 0. The van der Waals surface area contributed by atoms with E-state index in [1.54, 1.807) is 133 Å².